The number of carbonyl (C=O) groups is 1. The summed E-state index contributed by atoms with van der Waals surface area (Å²) in [5, 5.41) is 3.99. The highest BCUT2D eigenvalue weighted by Gasteiger charge is 2.14. The van der Waals surface area contributed by atoms with Gasteiger partial charge in [-0.2, -0.15) is 0 Å². The molecule has 3 nitrogen and oxygen atoms in total. The third-order valence-corrected chi connectivity index (χ3v) is 3.74. The molecule has 0 amide bonds. The van der Waals surface area contributed by atoms with Gasteiger partial charge >= 0.3 is 5.97 Å². The van der Waals surface area contributed by atoms with Gasteiger partial charge in [0, 0.05) is 4.47 Å². The van der Waals surface area contributed by atoms with Crippen molar-refractivity contribution in [2.24, 2.45) is 0 Å². The van der Waals surface area contributed by atoms with E-state index in [1.165, 1.54) is 0 Å². The predicted molar refractivity (Wildman–Crippen MR) is 89.8 cm³/mol. The molecular weight excluding hydrogens is 377 g/mol. The van der Waals surface area contributed by atoms with E-state index in [1.807, 2.05) is 6.07 Å². The van der Waals surface area contributed by atoms with Crippen LogP contribution in [0.15, 0.2) is 40.9 Å². The second-order valence-corrected chi connectivity index (χ2v) is 5.87. The lowest BCUT2D eigenvalue weighted by Crippen LogP contribution is -2.08. The highest BCUT2D eigenvalue weighted by Crippen LogP contribution is 2.36. The molecule has 0 bridgehead atoms. The van der Waals surface area contributed by atoms with Crippen molar-refractivity contribution in [3.05, 3.63) is 56.5 Å². The zero-order valence-electron chi connectivity index (χ0n) is 11.1. The summed E-state index contributed by atoms with van der Waals surface area (Å²) in [4.78, 5) is 11.9. The van der Waals surface area contributed by atoms with Crippen molar-refractivity contribution in [2.45, 2.75) is 6.92 Å². The maximum absolute atomic E-state index is 11.9. The minimum atomic E-state index is -0.398. The summed E-state index contributed by atoms with van der Waals surface area (Å²) in [6.45, 7) is 2.07. The number of ether oxygens (including phenoxy) is 1. The highest BCUT2D eigenvalue weighted by atomic mass is 79.9. The van der Waals surface area contributed by atoms with Gasteiger partial charge in [0.15, 0.2) is 0 Å². The number of carbonyl (C=O) groups excluding carboxylic acids is 1. The lowest BCUT2D eigenvalue weighted by Gasteiger charge is -2.14. The molecule has 2 rings (SSSR count). The molecule has 0 atom stereocenters. The van der Waals surface area contributed by atoms with Crippen LogP contribution in [0, 0.1) is 0 Å². The van der Waals surface area contributed by atoms with Crippen LogP contribution in [0.2, 0.25) is 10.0 Å². The lowest BCUT2D eigenvalue weighted by atomic mass is 10.1. The Morgan fingerprint density at radius 2 is 1.86 bits per heavy atom. The Morgan fingerprint density at radius 1 is 1.24 bits per heavy atom. The van der Waals surface area contributed by atoms with Crippen molar-refractivity contribution >= 4 is 56.5 Å². The first kappa shape index (κ1) is 16.1. The molecule has 0 aliphatic carbocycles. The van der Waals surface area contributed by atoms with Gasteiger partial charge in [0.05, 0.1) is 33.6 Å². The van der Waals surface area contributed by atoms with Gasteiger partial charge in [-0.05, 0) is 31.2 Å². The standard InChI is InChI=1S/C15H12BrCl2NO2/c1-2-21-15(20)10-5-3-4-6-13(10)19-14-11(17)7-9(16)8-12(14)18/h3-8,19H,2H2,1H3. The van der Waals surface area contributed by atoms with E-state index < -0.39 is 5.97 Å². The third-order valence-electron chi connectivity index (χ3n) is 2.69. The second kappa shape index (κ2) is 7.16. The normalized spacial score (nSPS) is 10.3. The number of benzene rings is 2. The molecule has 2 aromatic carbocycles. The van der Waals surface area contributed by atoms with Crippen molar-refractivity contribution in [2.75, 3.05) is 11.9 Å². The van der Waals surface area contributed by atoms with Gasteiger partial charge in [0.1, 0.15) is 0 Å². The number of anilines is 2. The van der Waals surface area contributed by atoms with Crippen molar-refractivity contribution in [3.8, 4) is 0 Å². The van der Waals surface area contributed by atoms with Gasteiger partial charge in [-0.3, -0.25) is 0 Å². The molecule has 6 heteroatoms. The molecule has 0 unspecified atom stereocenters. The van der Waals surface area contributed by atoms with Crippen molar-refractivity contribution in [1.29, 1.82) is 0 Å². The lowest BCUT2D eigenvalue weighted by molar-refractivity contribution is 0.0527. The second-order valence-electron chi connectivity index (χ2n) is 4.14. The van der Waals surface area contributed by atoms with Crippen LogP contribution < -0.4 is 5.32 Å². The number of hydrogen-bond donors (Lipinski definition) is 1. The average Bonchev–Trinajstić information content (AvgIpc) is 2.43. The van der Waals surface area contributed by atoms with E-state index in [9.17, 15) is 4.79 Å². The fraction of sp³-hybridized carbons (Fsp3) is 0.133. The molecule has 21 heavy (non-hydrogen) atoms. The largest absolute Gasteiger partial charge is 0.462 e. The van der Waals surface area contributed by atoms with E-state index in [0.29, 0.717) is 33.6 Å². The molecule has 110 valence electrons. The summed E-state index contributed by atoms with van der Waals surface area (Å²) >= 11 is 15.7. The Morgan fingerprint density at radius 3 is 2.48 bits per heavy atom. The maximum Gasteiger partial charge on any atom is 0.340 e. The zero-order valence-corrected chi connectivity index (χ0v) is 14.2. The van der Waals surface area contributed by atoms with Crippen molar-refractivity contribution in [3.63, 3.8) is 0 Å². The van der Waals surface area contributed by atoms with Gasteiger partial charge in [0.25, 0.3) is 0 Å². The molecule has 0 saturated heterocycles. The summed E-state index contributed by atoms with van der Waals surface area (Å²) in [5.74, 6) is -0.398. The van der Waals surface area contributed by atoms with Gasteiger partial charge in [0.2, 0.25) is 0 Å². The topological polar surface area (TPSA) is 38.3 Å². The maximum atomic E-state index is 11.9. The number of esters is 1. The van der Waals surface area contributed by atoms with E-state index >= 15 is 0 Å². The molecule has 0 aromatic heterocycles. The number of hydrogen-bond acceptors (Lipinski definition) is 3. The SMILES string of the molecule is CCOC(=O)c1ccccc1Nc1c(Cl)cc(Br)cc1Cl. The van der Waals surface area contributed by atoms with Gasteiger partial charge in [-0.1, -0.05) is 51.3 Å². The Kier molecular flexibility index (Phi) is 5.51. The molecule has 0 aliphatic heterocycles. The first-order chi connectivity index (χ1) is 10.0. The van der Waals surface area contributed by atoms with E-state index in [0.717, 1.165) is 4.47 Å². The summed E-state index contributed by atoms with van der Waals surface area (Å²) in [7, 11) is 0. The highest BCUT2D eigenvalue weighted by molar-refractivity contribution is 9.10. The van der Waals surface area contributed by atoms with E-state index in [-0.39, 0.29) is 0 Å². The minimum absolute atomic E-state index is 0.312. The average molecular weight is 389 g/mol. The Hall–Kier alpha value is -1.23. The van der Waals surface area contributed by atoms with Crippen LogP contribution in [0.5, 0.6) is 0 Å². The Balaban J connectivity index is 2.39. The van der Waals surface area contributed by atoms with Crippen LogP contribution in [0.3, 0.4) is 0 Å². The molecule has 0 saturated carbocycles. The zero-order chi connectivity index (χ0) is 15.4. The fourth-order valence-corrected chi connectivity index (χ4v) is 3.08. The molecular formula is C15H12BrCl2NO2. The number of rotatable bonds is 4. The van der Waals surface area contributed by atoms with Crippen molar-refractivity contribution in [1.82, 2.24) is 0 Å². The monoisotopic (exact) mass is 387 g/mol. The van der Waals surface area contributed by atoms with Crippen LogP contribution in [0.25, 0.3) is 0 Å². The van der Waals surface area contributed by atoms with E-state index in [1.54, 1.807) is 37.3 Å². The molecule has 1 N–H and O–H groups in total. The molecule has 0 heterocycles. The Bertz CT molecular complexity index is 653. The first-order valence-electron chi connectivity index (χ1n) is 6.20. The first-order valence-corrected chi connectivity index (χ1v) is 7.75. The van der Waals surface area contributed by atoms with E-state index in [4.69, 9.17) is 27.9 Å². The quantitative estimate of drug-likeness (QED) is 0.685. The Labute approximate surface area is 141 Å². The van der Waals surface area contributed by atoms with Gasteiger partial charge < -0.3 is 10.1 Å². The smallest absolute Gasteiger partial charge is 0.340 e. The van der Waals surface area contributed by atoms with Crippen LogP contribution in [-0.2, 0) is 4.74 Å². The molecule has 0 fully saturated rings. The summed E-state index contributed by atoms with van der Waals surface area (Å²) in [6.07, 6.45) is 0. The number of para-hydroxylation sites is 1. The summed E-state index contributed by atoms with van der Waals surface area (Å²) < 4.78 is 5.81. The minimum Gasteiger partial charge on any atom is -0.462 e. The number of nitrogens with one attached hydrogen (secondary N) is 1. The van der Waals surface area contributed by atoms with Crippen LogP contribution >= 0.6 is 39.1 Å². The molecule has 0 radical (unpaired) electrons. The van der Waals surface area contributed by atoms with Crippen molar-refractivity contribution < 1.29 is 9.53 Å². The van der Waals surface area contributed by atoms with Gasteiger partial charge in [-0.15, -0.1) is 0 Å². The third kappa shape index (κ3) is 3.90. The molecule has 2 aromatic rings. The van der Waals surface area contributed by atoms with Crippen LogP contribution in [0.1, 0.15) is 17.3 Å². The molecule has 0 aliphatic rings. The summed E-state index contributed by atoms with van der Waals surface area (Å²) in [6, 6.07) is 10.5. The predicted octanol–water partition coefficient (Wildman–Crippen LogP) is 5.68. The van der Waals surface area contributed by atoms with E-state index in [2.05, 4.69) is 21.2 Å². The van der Waals surface area contributed by atoms with Crippen LogP contribution in [-0.4, -0.2) is 12.6 Å². The number of halogens is 3. The summed E-state index contributed by atoms with van der Waals surface area (Å²) in [5.41, 5.74) is 1.55. The van der Waals surface area contributed by atoms with Crippen LogP contribution in [0.4, 0.5) is 11.4 Å². The van der Waals surface area contributed by atoms with Gasteiger partial charge in [-0.25, -0.2) is 4.79 Å². The molecule has 0 spiro atoms. The fourth-order valence-electron chi connectivity index (χ4n) is 1.78.